The molecule has 1 saturated carbocycles. The first-order chi connectivity index (χ1) is 6.02. The molecule has 0 bridgehead atoms. The number of rotatable bonds is 3. The second-order valence-electron chi connectivity index (χ2n) is 4.01. The van der Waals surface area contributed by atoms with Gasteiger partial charge in [-0.15, -0.1) is 0 Å². The highest BCUT2D eigenvalue weighted by Gasteiger charge is 2.57. The van der Waals surface area contributed by atoms with Gasteiger partial charge in [0.25, 0.3) is 0 Å². The van der Waals surface area contributed by atoms with E-state index < -0.39 is 20.9 Å². The molecule has 0 spiro atoms. The third-order valence-electron chi connectivity index (χ3n) is 3.17. The number of β-amino-alcohol motifs (C(OH)–C–C–N with tert-alkyl or cyclic N) is 1. The zero-order valence-corrected chi connectivity index (χ0v) is 8.55. The van der Waals surface area contributed by atoms with E-state index in [0.717, 1.165) is 12.8 Å². The molecule has 1 N–H and O–H groups in total. The third-order valence-corrected chi connectivity index (χ3v) is 5.94. The van der Waals surface area contributed by atoms with Crippen LogP contribution in [0.4, 0.5) is 0 Å². The van der Waals surface area contributed by atoms with E-state index in [4.69, 9.17) is 5.11 Å². The minimum atomic E-state index is -3.10. The standard InChI is InChI=1S/C8H15NO3S/c1-2-8(3-4-8)13(11,12)9-5-7(10)6-9/h7,10H,2-6H2,1H3. The number of hydrogen-bond acceptors (Lipinski definition) is 3. The minimum absolute atomic E-state index is 0.296. The molecule has 1 aliphatic heterocycles. The first-order valence-corrected chi connectivity index (χ1v) is 6.14. The summed E-state index contributed by atoms with van der Waals surface area (Å²) in [6.07, 6.45) is 1.83. The predicted octanol–water partition coefficient (Wildman–Crippen LogP) is -0.0647. The van der Waals surface area contributed by atoms with Gasteiger partial charge in [0, 0.05) is 13.1 Å². The maximum atomic E-state index is 11.9. The van der Waals surface area contributed by atoms with Gasteiger partial charge in [0.1, 0.15) is 0 Å². The van der Waals surface area contributed by atoms with Crippen LogP contribution in [0.15, 0.2) is 0 Å². The van der Waals surface area contributed by atoms with Crippen LogP contribution in [0.25, 0.3) is 0 Å². The Hall–Kier alpha value is -0.130. The van der Waals surface area contributed by atoms with Crippen LogP contribution in [-0.2, 0) is 10.0 Å². The lowest BCUT2D eigenvalue weighted by atomic mass is 10.2. The SMILES string of the molecule is CCC1(S(=O)(=O)N2CC(O)C2)CC1. The van der Waals surface area contributed by atoms with Crippen molar-refractivity contribution in [3.8, 4) is 0 Å². The first kappa shape index (κ1) is 9.43. The second kappa shape index (κ2) is 2.68. The van der Waals surface area contributed by atoms with E-state index in [9.17, 15) is 8.42 Å². The Kier molecular flexibility index (Phi) is 1.94. The Labute approximate surface area is 78.6 Å². The zero-order valence-electron chi connectivity index (χ0n) is 7.73. The van der Waals surface area contributed by atoms with Crippen molar-refractivity contribution >= 4 is 10.0 Å². The molecule has 13 heavy (non-hydrogen) atoms. The first-order valence-electron chi connectivity index (χ1n) is 4.69. The fourth-order valence-electron chi connectivity index (χ4n) is 1.82. The molecule has 0 aromatic heterocycles. The van der Waals surface area contributed by atoms with Crippen LogP contribution in [-0.4, -0.2) is 41.8 Å². The van der Waals surface area contributed by atoms with Crippen molar-refractivity contribution in [2.75, 3.05) is 13.1 Å². The Balaban J connectivity index is 2.13. The van der Waals surface area contributed by atoms with Crippen molar-refractivity contribution in [2.24, 2.45) is 0 Å². The lowest BCUT2D eigenvalue weighted by molar-refractivity contribution is 0.0538. The highest BCUT2D eigenvalue weighted by Crippen LogP contribution is 2.48. The Bertz CT molecular complexity index is 301. The number of aliphatic hydroxyl groups excluding tert-OH is 1. The number of hydrogen-bond donors (Lipinski definition) is 1. The maximum absolute atomic E-state index is 11.9. The third kappa shape index (κ3) is 1.21. The fourth-order valence-corrected chi connectivity index (χ4v) is 4.09. The number of aliphatic hydroxyl groups is 1. The van der Waals surface area contributed by atoms with Crippen LogP contribution in [0.1, 0.15) is 26.2 Å². The molecule has 0 unspecified atom stereocenters. The minimum Gasteiger partial charge on any atom is -0.390 e. The van der Waals surface area contributed by atoms with Gasteiger partial charge < -0.3 is 5.11 Å². The Morgan fingerprint density at radius 3 is 2.31 bits per heavy atom. The van der Waals surface area contributed by atoms with Gasteiger partial charge in [-0.1, -0.05) is 6.92 Å². The molecule has 1 aliphatic carbocycles. The van der Waals surface area contributed by atoms with Crippen molar-refractivity contribution in [2.45, 2.75) is 37.0 Å². The highest BCUT2D eigenvalue weighted by molar-refractivity contribution is 7.90. The van der Waals surface area contributed by atoms with Gasteiger partial charge in [-0.05, 0) is 19.3 Å². The van der Waals surface area contributed by atoms with E-state index in [1.165, 1.54) is 4.31 Å². The van der Waals surface area contributed by atoms with Gasteiger partial charge in [-0.3, -0.25) is 0 Å². The molecule has 1 saturated heterocycles. The summed E-state index contributed by atoms with van der Waals surface area (Å²) < 4.78 is 24.7. The van der Waals surface area contributed by atoms with Gasteiger partial charge in [-0.25, -0.2) is 8.42 Å². The lowest BCUT2D eigenvalue weighted by Gasteiger charge is -2.37. The van der Waals surface area contributed by atoms with E-state index >= 15 is 0 Å². The maximum Gasteiger partial charge on any atom is 0.220 e. The molecule has 0 atom stereocenters. The summed E-state index contributed by atoms with van der Waals surface area (Å²) in [6, 6.07) is 0. The van der Waals surface area contributed by atoms with E-state index in [1.54, 1.807) is 0 Å². The van der Waals surface area contributed by atoms with Crippen LogP contribution in [0, 0.1) is 0 Å². The molecule has 76 valence electrons. The summed E-state index contributed by atoms with van der Waals surface area (Å²) in [5, 5.41) is 9.03. The normalized spacial score (nSPS) is 28.5. The molecule has 1 heterocycles. The van der Waals surface area contributed by atoms with Crippen molar-refractivity contribution in [3.05, 3.63) is 0 Å². The van der Waals surface area contributed by atoms with Crippen LogP contribution in [0.5, 0.6) is 0 Å². The summed E-state index contributed by atoms with van der Waals surface area (Å²) in [5.41, 5.74) is 0. The van der Waals surface area contributed by atoms with Crippen molar-refractivity contribution in [3.63, 3.8) is 0 Å². The molecule has 0 amide bonds. The predicted molar refractivity (Wildman–Crippen MR) is 48.8 cm³/mol. The molecule has 2 aliphatic rings. The van der Waals surface area contributed by atoms with Crippen molar-refractivity contribution in [1.82, 2.24) is 4.31 Å². The number of sulfonamides is 1. The van der Waals surface area contributed by atoms with Crippen molar-refractivity contribution in [1.29, 1.82) is 0 Å². The molecular weight excluding hydrogens is 190 g/mol. The number of nitrogens with zero attached hydrogens (tertiary/aromatic N) is 1. The lowest BCUT2D eigenvalue weighted by Crippen LogP contribution is -2.56. The Morgan fingerprint density at radius 2 is 2.00 bits per heavy atom. The quantitative estimate of drug-likeness (QED) is 0.702. The van der Waals surface area contributed by atoms with Gasteiger partial charge in [0.15, 0.2) is 0 Å². The second-order valence-corrected chi connectivity index (χ2v) is 6.34. The smallest absolute Gasteiger partial charge is 0.220 e. The van der Waals surface area contributed by atoms with Crippen LogP contribution >= 0.6 is 0 Å². The zero-order chi connectivity index (χ0) is 9.69. The molecule has 5 heteroatoms. The van der Waals surface area contributed by atoms with E-state index in [1.807, 2.05) is 6.92 Å². The Morgan fingerprint density at radius 1 is 1.46 bits per heavy atom. The van der Waals surface area contributed by atoms with E-state index in [2.05, 4.69) is 0 Å². The topological polar surface area (TPSA) is 57.6 Å². The summed E-state index contributed by atoms with van der Waals surface area (Å²) in [7, 11) is -3.10. The van der Waals surface area contributed by atoms with Gasteiger partial charge in [-0.2, -0.15) is 4.31 Å². The average molecular weight is 205 g/mol. The van der Waals surface area contributed by atoms with Crippen LogP contribution < -0.4 is 0 Å². The van der Waals surface area contributed by atoms with Crippen LogP contribution in [0.3, 0.4) is 0 Å². The monoisotopic (exact) mass is 205 g/mol. The summed E-state index contributed by atoms with van der Waals surface area (Å²) >= 11 is 0. The average Bonchev–Trinajstić information content (AvgIpc) is 2.78. The molecule has 4 nitrogen and oxygen atoms in total. The molecule has 0 radical (unpaired) electrons. The van der Waals surface area contributed by atoms with E-state index in [-0.39, 0.29) is 0 Å². The highest BCUT2D eigenvalue weighted by atomic mass is 32.2. The van der Waals surface area contributed by atoms with Gasteiger partial charge in [0.2, 0.25) is 10.0 Å². The molecule has 2 rings (SSSR count). The molecule has 2 fully saturated rings. The van der Waals surface area contributed by atoms with E-state index in [0.29, 0.717) is 19.5 Å². The fraction of sp³-hybridized carbons (Fsp3) is 1.00. The summed E-state index contributed by atoms with van der Waals surface area (Å²) in [4.78, 5) is 0. The van der Waals surface area contributed by atoms with Gasteiger partial charge in [0.05, 0.1) is 10.9 Å². The summed E-state index contributed by atoms with van der Waals surface area (Å²) in [5.74, 6) is 0. The molecular formula is C8H15NO3S. The largest absolute Gasteiger partial charge is 0.390 e. The molecule has 0 aromatic carbocycles. The summed E-state index contributed by atoms with van der Waals surface area (Å²) in [6.45, 7) is 2.51. The van der Waals surface area contributed by atoms with Gasteiger partial charge >= 0.3 is 0 Å². The van der Waals surface area contributed by atoms with Crippen molar-refractivity contribution < 1.29 is 13.5 Å². The van der Waals surface area contributed by atoms with Crippen LogP contribution in [0.2, 0.25) is 0 Å². The molecule has 0 aromatic rings.